The van der Waals surface area contributed by atoms with Gasteiger partial charge >= 0.3 is 0 Å². The molecular weight excluding hydrogens is 257 g/mol. The zero-order valence-corrected chi connectivity index (χ0v) is 11.1. The van der Waals surface area contributed by atoms with Gasteiger partial charge in [-0.3, -0.25) is 0 Å². The third kappa shape index (κ3) is 3.04. The second kappa shape index (κ2) is 5.86. The van der Waals surface area contributed by atoms with E-state index < -0.39 is 0 Å². The number of hydrogen-bond acceptors (Lipinski definition) is 4. The predicted octanol–water partition coefficient (Wildman–Crippen LogP) is 3.40. The van der Waals surface area contributed by atoms with E-state index in [0.29, 0.717) is 11.6 Å². The fraction of sp³-hybridized carbons (Fsp3) is 0.333. The van der Waals surface area contributed by atoms with E-state index in [0.717, 1.165) is 18.9 Å². The highest BCUT2D eigenvalue weighted by molar-refractivity contribution is 5.42. The van der Waals surface area contributed by atoms with Crippen LogP contribution in [-0.2, 0) is 0 Å². The Labute approximate surface area is 117 Å². The van der Waals surface area contributed by atoms with Gasteiger partial charge in [0, 0.05) is 19.2 Å². The van der Waals surface area contributed by atoms with E-state index in [-0.39, 0.29) is 5.82 Å². The second-order valence-corrected chi connectivity index (χ2v) is 4.82. The lowest BCUT2D eigenvalue weighted by molar-refractivity contribution is 0.459. The van der Waals surface area contributed by atoms with Gasteiger partial charge in [-0.1, -0.05) is 0 Å². The summed E-state index contributed by atoms with van der Waals surface area (Å²) in [7, 11) is 0. The molecule has 0 N–H and O–H groups in total. The molecule has 0 aliphatic carbocycles. The van der Waals surface area contributed by atoms with Crippen molar-refractivity contribution in [3.8, 4) is 11.6 Å². The van der Waals surface area contributed by atoms with Crippen LogP contribution < -0.4 is 9.64 Å². The molecule has 0 bridgehead atoms. The maximum atomic E-state index is 12.8. The summed E-state index contributed by atoms with van der Waals surface area (Å²) in [5.74, 6) is 1.65. The molecule has 1 saturated heterocycles. The Hall–Kier alpha value is -2.17. The van der Waals surface area contributed by atoms with Gasteiger partial charge in [-0.15, -0.1) is 0 Å². The van der Waals surface area contributed by atoms with Gasteiger partial charge in [0.15, 0.2) is 0 Å². The third-order valence-corrected chi connectivity index (χ3v) is 3.34. The SMILES string of the molecule is Fc1ccc(Oc2cc(N3CCCCC3)ncn2)cc1. The molecule has 0 radical (unpaired) electrons. The van der Waals surface area contributed by atoms with Crippen molar-refractivity contribution in [1.82, 2.24) is 9.97 Å². The van der Waals surface area contributed by atoms with Gasteiger partial charge in [-0.25, -0.2) is 14.4 Å². The molecule has 0 amide bonds. The molecule has 1 aromatic carbocycles. The summed E-state index contributed by atoms with van der Waals surface area (Å²) < 4.78 is 18.5. The van der Waals surface area contributed by atoms with Crippen LogP contribution in [0.1, 0.15) is 19.3 Å². The quantitative estimate of drug-likeness (QED) is 0.859. The molecule has 1 fully saturated rings. The van der Waals surface area contributed by atoms with Crippen molar-refractivity contribution >= 4 is 5.82 Å². The van der Waals surface area contributed by atoms with E-state index in [1.165, 1.54) is 37.7 Å². The van der Waals surface area contributed by atoms with Crippen molar-refractivity contribution in [2.24, 2.45) is 0 Å². The van der Waals surface area contributed by atoms with Crippen LogP contribution in [0.25, 0.3) is 0 Å². The number of anilines is 1. The van der Waals surface area contributed by atoms with Gasteiger partial charge in [-0.05, 0) is 43.5 Å². The van der Waals surface area contributed by atoms with E-state index in [9.17, 15) is 4.39 Å². The number of aromatic nitrogens is 2. The Morgan fingerprint density at radius 2 is 1.75 bits per heavy atom. The van der Waals surface area contributed by atoms with Crippen LogP contribution in [-0.4, -0.2) is 23.1 Å². The Morgan fingerprint density at radius 1 is 1.00 bits per heavy atom. The van der Waals surface area contributed by atoms with Gasteiger partial charge in [0.25, 0.3) is 0 Å². The molecule has 0 saturated carbocycles. The van der Waals surface area contributed by atoms with Crippen LogP contribution >= 0.6 is 0 Å². The number of halogens is 1. The first kappa shape index (κ1) is 12.8. The summed E-state index contributed by atoms with van der Waals surface area (Å²) in [6.45, 7) is 2.04. The molecule has 4 nitrogen and oxygen atoms in total. The van der Waals surface area contributed by atoms with Gasteiger partial charge in [0.2, 0.25) is 5.88 Å². The van der Waals surface area contributed by atoms with Crippen molar-refractivity contribution in [1.29, 1.82) is 0 Å². The summed E-state index contributed by atoms with van der Waals surface area (Å²) in [4.78, 5) is 10.6. The predicted molar refractivity (Wildman–Crippen MR) is 74.6 cm³/mol. The molecule has 3 rings (SSSR count). The van der Waals surface area contributed by atoms with Crippen molar-refractivity contribution in [2.45, 2.75) is 19.3 Å². The van der Waals surface area contributed by atoms with Crippen molar-refractivity contribution in [2.75, 3.05) is 18.0 Å². The number of nitrogens with zero attached hydrogens (tertiary/aromatic N) is 3. The smallest absolute Gasteiger partial charge is 0.224 e. The molecule has 0 unspecified atom stereocenters. The highest BCUT2D eigenvalue weighted by Crippen LogP contribution is 2.24. The van der Waals surface area contributed by atoms with Gasteiger partial charge in [0.05, 0.1) is 0 Å². The maximum Gasteiger partial charge on any atom is 0.224 e. The number of rotatable bonds is 3. The van der Waals surface area contributed by atoms with E-state index in [2.05, 4.69) is 14.9 Å². The largest absolute Gasteiger partial charge is 0.439 e. The Morgan fingerprint density at radius 3 is 2.50 bits per heavy atom. The van der Waals surface area contributed by atoms with Crippen LogP contribution in [0.2, 0.25) is 0 Å². The second-order valence-electron chi connectivity index (χ2n) is 4.82. The Balaban J connectivity index is 1.75. The average molecular weight is 273 g/mol. The maximum absolute atomic E-state index is 12.8. The minimum Gasteiger partial charge on any atom is -0.439 e. The Bertz CT molecular complexity index is 568. The topological polar surface area (TPSA) is 38.2 Å². The minimum absolute atomic E-state index is 0.283. The lowest BCUT2D eigenvalue weighted by Crippen LogP contribution is -2.30. The highest BCUT2D eigenvalue weighted by Gasteiger charge is 2.13. The van der Waals surface area contributed by atoms with E-state index in [4.69, 9.17) is 4.74 Å². The molecular formula is C15H16FN3O. The number of benzene rings is 1. The third-order valence-electron chi connectivity index (χ3n) is 3.34. The summed E-state index contributed by atoms with van der Waals surface area (Å²) in [6.07, 6.45) is 5.17. The molecule has 0 atom stereocenters. The first-order valence-electron chi connectivity index (χ1n) is 6.82. The number of piperidine rings is 1. The lowest BCUT2D eigenvalue weighted by Gasteiger charge is -2.27. The van der Waals surface area contributed by atoms with Crippen LogP contribution in [0.5, 0.6) is 11.6 Å². The fourth-order valence-electron chi connectivity index (χ4n) is 2.31. The van der Waals surface area contributed by atoms with Gasteiger partial charge in [-0.2, -0.15) is 0 Å². The van der Waals surface area contributed by atoms with Crippen LogP contribution in [0.15, 0.2) is 36.7 Å². The molecule has 2 heterocycles. The molecule has 20 heavy (non-hydrogen) atoms. The van der Waals surface area contributed by atoms with E-state index in [1.54, 1.807) is 12.1 Å². The number of hydrogen-bond donors (Lipinski definition) is 0. The molecule has 1 aliphatic rings. The van der Waals surface area contributed by atoms with Crippen LogP contribution in [0, 0.1) is 5.82 Å². The van der Waals surface area contributed by atoms with Crippen LogP contribution in [0.4, 0.5) is 10.2 Å². The van der Waals surface area contributed by atoms with Crippen LogP contribution in [0.3, 0.4) is 0 Å². The number of ether oxygens (including phenoxy) is 1. The minimum atomic E-state index is -0.283. The monoisotopic (exact) mass is 273 g/mol. The molecule has 1 aliphatic heterocycles. The van der Waals surface area contributed by atoms with Gasteiger partial charge in [0.1, 0.15) is 23.7 Å². The first-order valence-corrected chi connectivity index (χ1v) is 6.82. The zero-order valence-electron chi connectivity index (χ0n) is 11.1. The van der Waals surface area contributed by atoms with E-state index in [1.807, 2.05) is 6.07 Å². The molecule has 5 heteroatoms. The van der Waals surface area contributed by atoms with Gasteiger partial charge < -0.3 is 9.64 Å². The molecule has 0 spiro atoms. The van der Waals surface area contributed by atoms with Crippen molar-refractivity contribution < 1.29 is 9.13 Å². The molecule has 1 aromatic heterocycles. The van der Waals surface area contributed by atoms with Crippen molar-refractivity contribution in [3.63, 3.8) is 0 Å². The fourth-order valence-corrected chi connectivity index (χ4v) is 2.31. The average Bonchev–Trinajstić information content (AvgIpc) is 2.51. The summed E-state index contributed by atoms with van der Waals surface area (Å²) >= 11 is 0. The normalized spacial score (nSPS) is 15.2. The molecule has 2 aromatic rings. The first-order chi connectivity index (χ1) is 9.81. The van der Waals surface area contributed by atoms with E-state index >= 15 is 0 Å². The standard InChI is InChI=1S/C15H16FN3O/c16-12-4-6-13(7-5-12)20-15-10-14(17-11-18-15)19-8-2-1-3-9-19/h4-7,10-11H,1-3,8-9H2. The lowest BCUT2D eigenvalue weighted by atomic mass is 10.1. The molecule has 104 valence electrons. The van der Waals surface area contributed by atoms with Crippen molar-refractivity contribution in [3.05, 3.63) is 42.5 Å². The summed E-state index contributed by atoms with van der Waals surface area (Å²) in [5.41, 5.74) is 0. The summed E-state index contributed by atoms with van der Waals surface area (Å²) in [5, 5.41) is 0. The summed E-state index contributed by atoms with van der Waals surface area (Å²) in [6, 6.07) is 7.72. The zero-order chi connectivity index (χ0) is 13.8. The Kier molecular flexibility index (Phi) is 3.76. The highest BCUT2D eigenvalue weighted by atomic mass is 19.1.